The van der Waals surface area contributed by atoms with Crippen molar-refractivity contribution in [1.29, 1.82) is 0 Å². The third kappa shape index (κ3) is 4.23. The van der Waals surface area contributed by atoms with Crippen LogP contribution in [0.5, 0.6) is 0 Å². The van der Waals surface area contributed by atoms with Gasteiger partial charge in [0, 0.05) is 13.1 Å². The number of nitrogens with one attached hydrogen (secondary N) is 1. The van der Waals surface area contributed by atoms with Crippen LogP contribution >= 0.6 is 0 Å². The fourth-order valence-corrected chi connectivity index (χ4v) is 2.20. The van der Waals surface area contributed by atoms with Crippen LogP contribution in [-0.2, 0) is 19.6 Å². The average Bonchev–Trinajstić information content (AvgIpc) is 2.92. The fraction of sp³-hybridized carbons (Fsp3) is 0.375. The molecule has 0 bridgehead atoms. The van der Waals surface area contributed by atoms with Gasteiger partial charge in [0.2, 0.25) is 0 Å². The summed E-state index contributed by atoms with van der Waals surface area (Å²) in [4.78, 5) is 2.37. The Morgan fingerprint density at radius 2 is 1.95 bits per heavy atom. The molecular formula is C16H22N2O. The number of nitrogens with zero attached hydrogens (tertiary/aromatic N) is 1. The molecule has 0 aliphatic carbocycles. The van der Waals surface area contributed by atoms with Crippen molar-refractivity contribution in [3.8, 4) is 0 Å². The minimum Gasteiger partial charge on any atom is -0.468 e. The zero-order valence-electron chi connectivity index (χ0n) is 11.7. The maximum atomic E-state index is 5.41. The van der Waals surface area contributed by atoms with Gasteiger partial charge in [0.1, 0.15) is 5.76 Å². The van der Waals surface area contributed by atoms with Crippen LogP contribution in [0.15, 0.2) is 47.1 Å². The van der Waals surface area contributed by atoms with Gasteiger partial charge >= 0.3 is 0 Å². The normalized spacial score (nSPS) is 11.1. The second kappa shape index (κ2) is 7.12. The molecule has 1 N–H and O–H groups in total. The summed E-state index contributed by atoms with van der Waals surface area (Å²) in [6.07, 6.45) is 1.73. The van der Waals surface area contributed by atoms with E-state index in [0.29, 0.717) is 0 Å². The molecule has 3 heteroatoms. The Labute approximate surface area is 115 Å². The van der Waals surface area contributed by atoms with Gasteiger partial charge in [-0.15, -0.1) is 0 Å². The third-order valence-corrected chi connectivity index (χ3v) is 3.19. The van der Waals surface area contributed by atoms with Crippen LogP contribution in [0.1, 0.15) is 23.8 Å². The number of hydrogen-bond acceptors (Lipinski definition) is 3. The van der Waals surface area contributed by atoms with E-state index < -0.39 is 0 Å². The minimum atomic E-state index is 0.861. The Bertz CT molecular complexity index is 479. The molecule has 1 aromatic heterocycles. The van der Waals surface area contributed by atoms with Crippen LogP contribution in [-0.4, -0.2) is 18.5 Å². The summed E-state index contributed by atoms with van der Waals surface area (Å²) < 4.78 is 5.41. The first-order valence-electron chi connectivity index (χ1n) is 6.79. The SMILES string of the molecule is CCN(Cc1cccc(CNC)c1)Cc1ccco1. The van der Waals surface area contributed by atoms with Crippen LogP contribution in [0.2, 0.25) is 0 Å². The molecule has 0 saturated carbocycles. The second-order valence-corrected chi connectivity index (χ2v) is 4.73. The van der Waals surface area contributed by atoms with Crippen molar-refractivity contribution in [3.63, 3.8) is 0 Å². The monoisotopic (exact) mass is 258 g/mol. The number of furan rings is 1. The van der Waals surface area contributed by atoms with E-state index in [4.69, 9.17) is 4.42 Å². The largest absolute Gasteiger partial charge is 0.468 e. The Kier molecular flexibility index (Phi) is 5.19. The van der Waals surface area contributed by atoms with Crippen molar-refractivity contribution >= 4 is 0 Å². The molecule has 2 aromatic rings. The van der Waals surface area contributed by atoms with Gasteiger partial charge in [0.15, 0.2) is 0 Å². The first-order chi connectivity index (χ1) is 9.31. The van der Waals surface area contributed by atoms with Crippen molar-refractivity contribution in [2.75, 3.05) is 13.6 Å². The Morgan fingerprint density at radius 1 is 1.11 bits per heavy atom. The molecule has 3 nitrogen and oxygen atoms in total. The molecule has 0 unspecified atom stereocenters. The van der Waals surface area contributed by atoms with Crippen molar-refractivity contribution in [2.45, 2.75) is 26.6 Å². The molecule has 0 fully saturated rings. The average molecular weight is 258 g/mol. The lowest BCUT2D eigenvalue weighted by Crippen LogP contribution is -2.22. The molecule has 1 aromatic carbocycles. The van der Waals surface area contributed by atoms with E-state index in [0.717, 1.165) is 31.9 Å². The van der Waals surface area contributed by atoms with Gasteiger partial charge in [0.05, 0.1) is 12.8 Å². The third-order valence-electron chi connectivity index (χ3n) is 3.19. The van der Waals surface area contributed by atoms with Gasteiger partial charge in [-0.05, 0) is 36.9 Å². The number of hydrogen-bond donors (Lipinski definition) is 1. The van der Waals surface area contributed by atoms with E-state index in [1.54, 1.807) is 6.26 Å². The van der Waals surface area contributed by atoms with Crippen LogP contribution in [0.4, 0.5) is 0 Å². The molecule has 0 radical (unpaired) electrons. The van der Waals surface area contributed by atoms with E-state index >= 15 is 0 Å². The van der Waals surface area contributed by atoms with E-state index in [9.17, 15) is 0 Å². The molecule has 0 aliphatic heterocycles. The Balaban J connectivity index is 1.99. The first kappa shape index (κ1) is 13.8. The Hall–Kier alpha value is -1.58. The van der Waals surface area contributed by atoms with Gasteiger partial charge in [-0.25, -0.2) is 0 Å². The zero-order valence-corrected chi connectivity index (χ0v) is 11.7. The second-order valence-electron chi connectivity index (χ2n) is 4.73. The number of benzene rings is 1. The predicted octanol–water partition coefficient (Wildman–Crippen LogP) is 3.02. The van der Waals surface area contributed by atoms with Gasteiger partial charge in [0.25, 0.3) is 0 Å². The smallest absolute Gasteiger partial charge is 0.117 e. The maximum absolute atomic E-state index is 5.41. The van der Waals surface area contributed by atoms with Gasteiger partial charge in [-0.2, -0.15) is 0 Å². The molecule has 0 atom stereocenters. The number of rotatable bonds is 7. The molecule has 2 rings (SSSR count). The highest BCUT2D eigenvalue weighted by molar-refractivity contribution is 5.23. The lowest BCUT2D eigenvalue weighted by molar-refractivity contribution is 0.248. The van der Waals surface area contributed by atoms with Crippen LogP contribution in [0, 0.1) is 0 Å². The molecule has 0 spiro atoms. The summed E-state index contributed by atoms with van der Waals surface area (Å²) in [5.41, 5.74) is 2.68. The predicted molar refractivity (Wildman–Crippen MR) is 77.7 cm³/mol. The first-order valence-corrected chi connectivity index (χ1v) is 6.79. The lowest BCUT2D eigenvalue weighted by atomic mass is 10.1. The minimum absolute atomic E-state index is 0.861. The summed E-state index contributed by atoms with van der Waals surface area (Å²) in [5.74, 6) is 1.02. The van der Waals surface area contributed by atoms with Crippen LogP contribution in [0.3, 0.4) is 0 Å². The lowest BCUT2D eigenvalue weighted by Gasteiger charge is -2.19. The van der Waals surface area contributed by atoms with Crippen LogP contribution in [0.25, 0.3) is 0 Å². The zero-order chi connectivity index (χ0) is 13.5. The molecule has 0 amide bonds. The van der Waals surface area contributed by atoms with E-state index in [1.165, 1.54) is 11.1 Å². The van der Waals surface area contributed by atoms with Crippen LogP contribution < -0.4 is 5.32 Å². The highest BCUT2D eigenvalue weighted by Gasteiger charge is 2.07. The quantitative estimate of drug-likeness (QED) is 0.827. The van der Waals surface area contributed by atoms with Crippen molar-refractivity contribution in [2.24, 2.45) is 0 Å². The van der Waals surface area contributed by atoms with E-state index in [-0.39, 0.29) is 0 Å². The van der Waals surface area contributed by atoms with Gasteiger partial charge in [-0.1, -0.05) is 31.2 Å². The summed E-state index contributed by atoms with van der Waals surface area (Å²) in [7, 11) is 1.97. The summed E-state index contributed by atoms with van der Waals surface area (Å²) in [6.45, 7) is 5.92. The highest BCUT2D eigenvalue weighted by atomic mass is 16.3. The van der Waals surface area contributed by atoms with E-state index in [1.807, 2.05) is 19.2 Å². The molecule has 19 heavy (non-hydrogen) atoms. The summed E-state index contributed by atoms with van der Waals surface area (Å²) in [5, 5.41) is 3.19. The standard InChI is InChI=1S/C16H22N2O/c1-3-18(13-16-8-5-9-19-16)12-15-7-4-6-14(10-15)11-17-2/h4-10,17H,3,11-13H2,1-2H3. The molecular weight excluding hydrogens is 236 g/mol. The molecule has 102 valence electrons. The summed E-state index contributed by atoms with van der Waals surface area (Å²) in [6, 6.07) is 12.7. The van der Waals surface area contributed by atoms with Gasteiger partial charge < -0.3 is 9.73 Å². The summed E-state index contributed by atoms with van der Waals surface area (Å²) >= 11 is 0. The topological polar surface area (TPSA) is 28.4 Å². The van der Waals surface area contributed by atoms with Crippen molar-refractivity contribution in [3.05, 3.63) is 59.5 Å². The van der Waals surface area contributed by atoms with Crippen molar-refractivity contribution in [1.82, 2.24) is 10.2 Å². The fourth-order valence-electron chi connectivity index (χ4n) is 2.20. The van der Waals surface area contributed by atoms with E-state index in [2.05, 4.69) is 41.4 Å². The van der Waals surface area contributed by atoms with Crippen molar-refractivity contribution < 1.29 is 4.42 Å². The van der Waals surface area contributed by atoms with Gasteiger partial charge in [-0.3, -0.25) is 4.90 Å². The maximum Gasteiger partial charge on any atom is 0.117 e. The molecule has 0 aliphatic rings. The highest BCUT2D eigenvalue weighted by Crippen LogP contribution is 2.12. The Morgan fingerprint density at radius 3 is 2.63 bits per heavy atom. The molecule has 1 heterocycles. The molecule has 0 saturated heterocycles.